The van der Waals surface area contributed by atoms with Gasteiger partial charge in [-0.2, -0.15) is 0 Å². The number of rotatable bonds is 7. The molecule has 7 heteroatoms. The summed E-state index contributed by atoms with van der Waals surface area (Å²) < 4.78 is 24.8. The van der Waals surface area contributed by atoms with Crippen LogP contribution in [0, 0.1) is 0 Å². The van der Waals surface area contributed by atoms with E-state index in [4.69, 9.17) is 9.05 Å². The van der Waals surface area contributed by atoms with E-state index in [1.807, 2.05) is 50.2 Å². The van der Waals surface area contributed by atoms with Crippen LogP contribution in [0.5, 0.6) is 0 Å². The first-order valence-corrected chi connectivity index (χ1v) is 12.3. The molecule has 0 unspecified atom stereocenters. The van der Waals surface area contributed by atoms with Crippen LogP contribution in [0.15, 0.2) is 57.5 Å². The van der Waals surface area contributed by atoms with Gasteiger partial charge in [-0.15, -0.1) is 0 Å². The van der Waals surface area contributed by atoms with Gasteiger partial charge in [0.05, 0.1) is 19.4 Å². The molecular weight excluding hydrogens is 535 g/mol. The van der Waals surface area contributed by atoms with Gasteiger partial charge in [-0.3, -0.25) is 4.57 Å². The second kappa shape index (κ2) is 12.4. The topological polar surface area (TPSA) is 35.5 Å². The van der Waals surface area contributed by atoms with Crippen molar-refractivity contribution >= 4 is 55.4 Å². The molecule has 0 atom stereocenters. The lowest BCUT2D eigenvalue weighted by Gasteiger charge is -2.16. The van der Waals surface area contributed by atoms with Crippen LogP contribution in [0.4, 0.5) is 0 Å². The van der Waals surface area contributed by atoms with Crippen LogP contribution in [0.25, 0.3) is 0 Å². The van der Waals surface area contributed by atoms with E-state index in [-0.39, 0.29) is 0 Å². The van der Waals surface area contributed by atoms with Crippen molar-refractivity contribution in [1.29, 1.82) is 0 Å². The van der Waals surface area contributed by atoms with Crippen LogP contribution in [0.2, 0.25) is 0 Å². The summed E-state index contributed by atoms with van der Waals surface area (Å²) in [5, 5.41) is 0.923. The van der Waals surface area contributed by atoms with Crippen LogP contribution in [-0.2, 0) is 25.1 Å². The molecule has 0 amide bonds. The molecule has 0 spiro atoms. The van der Waals surface area contributed by atoms with Gasteiger partial charge in [0.15, 0.2) is 0 Å². The highest BCUT2D eigenvalue weighted by Crippen LogP contribution is 2.51. The Labute approximate surface area is 175 Å². The monoisotopic (exact) mass is 554 g/mol. The fourth-order valence-corrected chi connectivity index (χ4v) is 4.93. The third-order valence-electron chi connectivity index (χ3n) is 2.96. The minimum atomic E-state index is -2.98. The molecular formula is C18H22Br3O3P. The molecule has 0 aliphatic rings. The van der Waals surface area contributed by atoms with Gasteiger partial charge in [0.1, 0.15) is 0 Å². The third kappa shape index (κ3) is 9.50. The van der Waals surface area contributed by atoms with Gasteiger partial charge in [-0.25, -0.2) is 0 Å². The second-order valence-corrected chi connectivity index (χ2v) is 9.44. The first kappa shape index (κ1) is 23.1. The highest BCUT2D eigenvalue weighted by molar-refractivity contribution is 9.10. The van der Waals surface area contributed by atoms with Gasteiger partial charge in [0, 0.05) is 14.3 Å². The smallest absolute Gasteiger partial charge is 0.309 e. The zero-order valence-electron chi connectivity index (χ0n) is 14.3. The zero-order chi connectivity index (χ0) is 18.7. The molecule has 0 aliphatic carbocycles. The fourth-order valence-electron chi connectivity index (χ4n) is 2.00. The highest BCUT2D eigenvalue weighted by atomic mass is 79.9. The molecule has 0 aliphatic heterocycles. The largest absolute Gasteiger partial charge is 0.335 e. The second-order valence-electron chi connectivity index (χ2n) is 5.00. The van der Waals surface area contributed by atoms with Crippen LogP contribution in [0.3, 0.4) is 0 Å². The van der Waals surface area contributed by atoms with Crippen LogP contribution in [-0.4, -0.2) is 13.2 Å². The Bertz CT molecular complexity index is 685. The minimum Gasteiger partial charge on any atom is -0.309 e. The van der Waals surface area contributed by atoms with E-state index >= 15 is 0 Å². The van der Waals surface area contributed by atoms with E-state index in [0.717, 1.165) is 19.8 Å². The van der Waals surface area contributed by atoms with E-state index in [2.05, 4.69) is 59.9 Å². The van der Waals surface area contributed by atoms with Gasteiger partial charge in [0.2, 0.25) is 0 Å². The van der Waals surface area contributed by atoms with Crippen molar-refractivity contribution < 1.29 is 13.6 Å². The highest BCUT2D eigenvalue weighted by Gasteiger charge is 2.23. The number of benzene rings is 2. The van der Waals surface area contributed by atoms with Crippen molar-refractivity contribution in [3.05, 3.63) is 68.6 Å². The van der Waals surface area contributed by atoms with Gasteiger partial charge in [-0.05, 0) is 49.2 Å². The predicted octanol–water partition coefficient (Wildman–Crippen LogP) is 7.56. The number of halogens is 3. The van der Waals surface area contributed by atoms with E-state index in [0.29, 0.717) is 19.4 Å². The fraction of sp³-hybridized carbons (Fsp3) is 0.333. The first-order chi connectivity index (χ1) is 11.9. The molecule has 138 valence electrons. The maximum atomic E-state index is 12.2. The average molecular weight is 557 g/mol. The van der Waals surface area contributed by atoms with Crippen LogP contribution in [0.1, 0.15) is 25.0 Å². The Morgan fingerprint density at radius 1 is 0.880 bits per heavy atom. The Balaban J connectivity index is 0.000000293. The molecule has 2 rings (SSSR count). The van der Waals surface area contributed by atoms with Gasteiger partial charge < -0.3 is 9.05 Å². The number of hydrogen-bond donors (Lipinski definition) is 0. The molecule has 0 saturated heterocycles. The average Bonchev–Trinajstić information content (AvgIpc) is 2.55. The zero-order valence-corrected chi connectivity index (χ0v) is 19.9. The summed E-state index contributed by atoms with van der Waals surface area (Å²) in [6.45, 7) is 4.41. The molecule has 0 heterocycles. The Kier molecular flexibility index (Phi) is 11.5. The third-order valence-corrected chi connectivity index (χ3v) is 6.65. The molecule has 2 aromatic rings. The molecule has 0 saturated carbocycles. The summed E-state index contributed by atoms with van der Waals surface area (Å²) in [6.07, 6.45) is 0.314. The lowest BCUT2D eigenvalue weighted by molar-refractivity contribution is 0.219. The SMILES string of the molecule is BrCc1cccc(Br)c1.CCOP(=O)(Cc1cccc(Br)c1)OCC. The van der Waals surface area contributed by atoms with Crippen molar-refractivity contribution in [3.8, 4) is 0 Å². The summed E-state index contributed by atoms with van der Waals surface area (Å²) in [6, 6.07) is 15.9. The van der Waals surface area contributed by atoms with Crippen LogP contribution >= 0.6 is 55.4 Å². The van der Waals surface area contributed by atoms with Gasteiger partial charge in [0.25, 0.3) is 0 Å². The Morgan fingerprint density at radius 3 is 1.76 bits per heavy atom. The van der Waals surface area contributed by atoms with E-state index in [1.54, 1.807) is 0 Å². The molecule has 0 N–H and O–H groups in total. The number of hydrogen-bond acceptors (Lipinski definition) is 3. The van der Waals surface area contributed by atoms with Crippen molar-refractivity contribution in [2.45, 2.75) is 25.3 Å². The Morgan fingerprint density at radius 2 is 1.36 bits per heavy atom. The molecule has 0 aromatic heterocycles. The lowest BCUT2D eigenvalue weighted by Crippen LogP contribution is -1.99. The van der Waals surface area contributed by atoms with E-state index in [9.17, 15) is 4.57 Å². The van der Waals surface area contributed by atoms with Gasteiger partial charge in [-0.1, -0.05) is 72.1 Å². The summed E-state index contributed by atoms with van der Waals surface area (Å²) >= 11 is 10.1. The molecule has 0 fully saturated rings. The molecule has 3 nitrogen and oxygen atoms in total. The first-order valence-electron chi connectivity index (χ1n) is 7.85. The van der Waals surface area contributed by atoms with Crippen molar-refractivity contribution in [1.82, 2.24) is 0 Å². The lowest BCUT2D eigenvalue weighted by atomic mass is 10.2. The maximum Gasteiger partial charge on any atom is 0.335 e. The molecule has 25 heavy (non-hydrogen) atoms. The van der Waals surface area contributed by atoms with E-state index < -0.39 is 7.60 Å². The quantitative estimate of drug-likeness (QED) is 0.261. The van der Waals surface area contributed by atoms with E-state index in [1.165, 1.54) is 5.56 Å². The normalized spacial score (nSPS) is 10.9. The van der Waals surface area contributed by atoms with Crippen molar-refractivity contribution in [2.24, 2.45) is 0 Å². The predicted molar refractivity (Wildman–Crippen MR) is 115 cm³/mol. The van der Waals surface area contributed by atoms with Crippen molar-refractivity contribution in [3.63, 3.8) is 0 Å². The standard InChI is InChI=1S/C11H16BrO3P.C7H6Br2/c1-3-14-16(13,15-4-2)9-10-6-5-7-11(12)8-10;8-5-6-2-1-3-7(9)4-6/h5-8H,3-4,9H2,1-2H3;1-4H,5H2. The van der Waals surface area contributed by atoms with Crippen molar-refractivity contribution in [2.75, 3.05) is 13.2 Å². The summed E-state index contributed by atoms with van der Waals surface area (Å²) in [5.74, 6) is 0. The molecule has 0 radical (unpaired) electrons. The Hall–Kier alpha value is 0.0300. The summed E-state index contributed by atoms with van der Waals surface area (Å²) in [5.41, 5.74) is 2.24. The van der Waals surface area contributed by atoms with Crippen LogP contribution < -0.4 is 0 Å². The molecule has 0 bridgehead atoms. The number of alkyl halides is 1. The summed E-state index contributed by atoms with van der Waals surface area (Å²) in [7, 11) is -2.98. The molecule has 2 aromatic carbocycles. The summed E-state index contributed by atoms with van der Waals surface area (Å²) in [4.78, 5) is 0. The van der Waals surface area contributed by atoms with Gasteiger partial charge >= 0.3 is 7.60 Å². The maximum absolute atomic E-state index is 12.2. The minimum absolute atomic E-state index is 0.314.